The van der Waals surface area contributed by atoms with Gasteiger partial charge in [0.05, 0.1) is 12.2 Å². The third-order valence-corrected chi connectivity index (χ3v) is 8.33. The Morgan fingerprint density at radius 1 is 1.09 bits per heavy atom. The van der Waals surface area contributed by atoms with Gasteiger partial charge in [-0.15, -0.1) is 0 Å². The highest BCUT2D eigenvalue weighted by Gasteiger charge is 2.54. The predicted molar refractivity (Wildman–Crippen MR) is 169 cm³/mol. The molecule has 0 radical (unpaired) electrons. The number of halogens is 2. The lowest BCUT2D eigenvalue weighted by Crippen LogP contribution is -2.53. The van der Waals surface area contributed by atoms with Gasteiger partial charge in [-0.3, -0.25) is 9.59 Å². The Morgan fingerprint density at radius 3 is 2.43 bits per heavy atom. The summed E-state index contributed by atoms with van der Waals surface area (Å²) < 4.78 is 17.7. The van der Waals surface area contributed by atoms with Gasteiger partial charge in [-0.05, 0) is 76.4 Å². The summed E-state index contributed by atoms with van der Waals surface area (Å²) in [5.41, 5.74) is -2.28. The molecule has 0 spiro atoms. The highest BCUT2D eigenvalue weighted by Crippen LogP contribution is 2.46. The van der Waals surface area contributed by atoms with Crippen LogP contribution < -0.4 is 10.1 Å². The van der Waals surface area contributed by atoms with Gasteiger partial charge in [0.15, 0.2) is 11.6 Å². The molecule has 0 bridgehead atoms. The van der Waals surface area contributed by atoms with Gasteiger partial charge in [-0.1, -0.05) is 48.5 Å². The summed E-state index contributed by atoms with van der Waals surface area (Å²) in [6.07, 6.45) is 3.31. The molecule has 2 aromatic carbocycles. The quantitative estimate of drug-likeness (QED) is 0.192. The van der Waals surface area contributed by atoms with Crippen molar-refractivity contribution in [3.63, 3.8) is 0 Å². The summed E-state index contributed by atoms with van der Waals surface area (Å²) in [6.45, 7) is 5.78. The van der Waals surface area contributed by atoms with Crippen LogP contribution in [0.4, 0.5) is 0 Å². The molecule has 1 heterocycles. The van der Waals surface area contributed by atoms with Gasteiger partial charge in [0, 0.05) is 47.2 Å². The molecule has 2 aromatic rings. The standard InChI is InChI=1S/C33H42Cl2N2O7/c1-31(2,3)44-27(39)14-17-33(30(40)36-21-32(41)15-5-4-6-16-32)28(25-13-10-23(34)20-26(25)35)43-29(37-33)22-8-11-24(12-9-22)42-19-7-18-38/h8-13,20,28,38,41H,4-7,14-19,21H2,1-3H3,(H,36,40)/t28-,33-/m1/s1. The number of carbonyl (C=O) groups is 2. The van der Waals surface area contributed by atoms with Crippen LogP contribution in [0.1, 0.15) is 89.4 Å². The van der Waals surface area contributed by atoms with Gasteiger partial charge >= 0.3 is 5.97 Å². The van der Waals surface area contributed by atoms with Crippen molar-refractivity contribution in [3.8, 4) is 5.75 Å². The fraction of sp³-hybridized carbons (Fsp3) is 0.545. The summed E-state index contributed by atoms with van der Waals surface area (Å²) in [5.74, 6) is -0.175. The van der Waals surface area contributed by atoms with Crippen LogP contribution in [-0.4, -0.2) is 64.5 Å². The van der Waals surface area contributed by atoms with Crippen LogP contribution in [0, 0.1) is 0 Å². The van der Waals surface area contributed by atoms with Gasteiger partial charge < -0.3 is 29.7 Å². The smallest absolute Gasteiger partial charge is 0.306 e. The number of esters is 1. The third-order valence-electron chi connectivity index (χ3n) is 7.77. The Balaban J connectivity index is 1.73. The van der Waals surface area contributed by atoms with E-state index >= 15 is 0 Å². The number of rotatable bonds is 12. The van der Waals surface area contributed by atoms with E-state index in [2.05, 4.69) is 5.32 Å². The number of aliphatic imine (C=N–C) groups is 1. The van der Waals surface area contributed by atoms with Crippen molar-refractivity contribution in [3.05, 3.63) is 63.6 Å². The number of aliphatic hydroxyl groups excluding tert-OH is 1. The van der Waals surface area contributed by atoms with Gasteiger partial charge in [0.1, 0.15) is 11.4 Å². The number of benzene rings is 2. The van der Waals surface area contributed by atoms with E-state index in [1.54, 1.807) is 63.2 Å². The molecule has 2 aliphatic rings. The zero-order valence-electron chi connectivity index (χ0n) is 25.5. The number of amides is 1. The molecule has 0 aromatic heterocycles. The molecule has 0 saturated heterocycles. The zero-order valence-corrected chi connectivity index (χ0v) is 27.0. The number of nitrogens with one attached hydrogen (secondary N) is 1. The van der Waals surface area contributed by atoms with E-state index < -0.39 is 34.7 Å². The van der Waals surface area contributed by atoms with E-state index in [9.17, 15) is 14.7 Å². The van der Waals surface area contributed by atoms with E-state index in [0.717, 1.165) is 19.3 Å². The molecule has 4 rings (SSSR count). The Morgan fingerprint density at radius 2 is 1.80 bits per heavy atom. The maximum atomic E-state index is 14.3. The molecule has 1 fully saturated rings. The van der Waals surface area contributed by atoms with Crippen molar-refractivity contribution in [1.29, 1.82) is 0 Å². The molecular weight excluding hydrogens is 607 g/mol. The van der Waals surface area contributed by atoms with Crippen molar-refractivity contribution in [2.75, 3.05) is 19.8 Å². The van der Waals surface area contributed by atoms with Crippen LogP contribution in [0.25, 0.3) is 0 Å². The maximum absolute atomic E-state index is 14.3. The Labute approximate surface area is 268 Å². The summed E-state index contributed by atoms with van der Waals surface area (Å²) in [7, 11) is 0. The van der Waals surface area contributed by atoms with Crippen molar-refractivity contribution in [2.45, 2.75) is 95.0 Å². The fourth-order valence-electron chi connectivity index (χ4n) is 5.53. The van der Waals surface area contributed by atoms with Crippen LogP contribution in [-0.2, 0) is 19.1 Å². The first-order valence-electron chi connectivity index (χ1n) is 15.1. The molecule has 0 unspecified atom stereocenters. The first kappa shape index (κ1) is 34.0. The lowest BCUT2D eigenvalue weighted by Gasteiger charge is -2.35. The second-order valence-corrected chi connectivity index (χ2v) is 13.4. The van der Waals surface area contributed by atoms with Gasteiger partial charge in [0.2, 0.25) is 5.90 Å². The van der Waals surface area contributed by atoms with Gasteiger partial charge in [-0.2, -0.15) is 0 Å². The molecule has 2 atom stereocenters. The molecule has 1 amide bonds. The van der Waals surface area contributed by atoms with E-state index in [0.29, 0.717) is 47.8 Å². The lowest BCUT2D eigenvalue weighted by atomic mass is 9.82. The van der Waals surface area contributed by atoms with Crippen molar-refractivity contribution in [1.82, 2.24) is 5.32 Å². The Hall–Kier alpha value is -2.85. The first-order valence-corrected chi connectivity index (χ1v) is 15.9. The third kappa shape index (κ3) is 8.65. The normalized spacial score (nSPS) is 21.2. The minimum atomic E-state index is -1.62. The lowest BCUT2D eigenvalue weighted by molar-refractivity contribution is -0.155. The molecule has 11 heteroatoms. The predicted octanol–water partition coefficient (Wildman–Crippen LogP) is 5.94. The minimum absolute atomic E-state index is 0.0300. The number of hydrogen-bond donors (Lipinski definition) is 3. The van der Waals surface area contributed by atoms with E-state index in [4.69, 9.17) is 47.5 Å². The van der Waals surface area contributed by atoms with Crippen molar-refractivity contribution in [2.24, 2.45) is 4.99 Å². The number of aliphatic hydroxyl groups is 2. The molecule has 9 nitrogen and oxygen atoms in total. The molecule has 1 saturated carbocycles. The van der Waals surface area contributed by atoms with Crippen LogP contribution in [0.2, 0.25) is 10.0 Å². The summed E-state index contributed by atoms with van der Waals surface area (Å²) in [6, 6.07) is 11.9. The van der Waals surface area contributed by atoms with Gasteiger partial charge in [-0.25, -0.2) is 4.99 Å². The largest absolute Gasteiger partial charge is 0.494 e. The summed E-state index contributed by atoms with van der Waals surface area (Å²) >= 11 is 12.9. The average molecular weight is 650 g/mol. The maximum Gasteiger partial charge on any atom is 0.306 e. The molecule has 1 aliphatic heterocycles. The highest BCUT2D eigenvalue weighted by molar-refractivity contribution is 6.35. The van der Waals surface area contributed by atoms with Crippen LogP contribution in [0.5, 0.6) is 5.75 Å². The van der Waals surface area contributed by atoms with Crippen LogP contribution >= 0.6 is 23.2 Å². The highest BCUT2D eigenvalue weighted by atomic mass is 35.5. The second-order valence-electron chi connectivity index (χ2n) is 12.5. The van der Waals surface area contributed by atoms with E-state index in [1.807, 2.05) is 0 Å². The van der Waals surface area contributed by atoms with Crippen LogP contribution in [0.3, 0.4) is 0 Å². The van der Waals surface area contributed by atoms with E-state index in [1.165, 1.54) is 0 Å². The van der Waals surface area contributed by atoms with Crippen LogP contribution in [0.15, 0.2) is 47.5 Å². The zero-order chi connectivity index (χ0) is 32.0. The number of carbonyl (C=O) groups excluding carboxylic acids is 2. The first-order chi connectivity index (χ1) is 20.8. The Bertz CT molecular complexity index is 1340. The SMILES string of the molecule is CC(C)(C)OC(=O)CC[C@@]1(C(=O)NCC2(O)CCCCC2)N=C(c2ccc(OCCCO)cc2)O[C@@H]1c1ccc(Cl)cc1Cl. The topological polar surface area (TPSA) is 127 Å². The van der Waals surface area contributed by atoms with Crippen molar-refractivity contribution < 1.29 is 34.0 Å². The van der Waals surface area contributed by atoms with E-state index in [-0.39, 0.29) is 36.9 Å². The van der Waals surface area contributed by atoms with Gasteiger partial charge in [0.25, 0.3) is 5.91 Å². The summed E-state index contributed by atoms with van der Waals surface area (Å²) in [4.78, 5) is 32.1. The number of nitrogens with zero attached hydrogens (tertiary/aromatic N) is 1. The molecule has 1 aliphatic carbocycles. The number of hydrogen-bond acceptors (Lipinski definition) is 8. The van der Waals surface area contributed by atoms with Crippen molar-refractivity contribution >= 4 is 41.0 Å². The second kappa shape index (κ2) is 14.5. The molecular formula is C33H42Cl2N2O7. The minimum Gasteiger partial charge on any atom is -0.494 e. The Kier molecular flexibility index (Phi) is 11.2. The number of ether oxygens (including phenoxy) is 3. The molecule has 44 heavy (non-hydrogen) atoms. The fourth-order valence-corrected chi connectivity index (χ4v) is 6.04. The average Bonchev–Trinajstić information content (AvgIpc) is 3.35. The monoisotopic (exact) mass is 648 g/mol. The molecule has 240 valence electrons. The summed E-state index contributed by atoms with van der Waals surface area (Å²) in [5, 5.41) is 23.9. The molecule has 3 N–H and O–H groups in total.